The van der Waals surface area contributed by atoms with Crippen molar-refractivity contribution < 1.29 is 82.7 Å². The summed E-state index contributed by atoms with van der Waals surface area (Å²) in [6, 6.07) is 0. The number of nitroso groups, excluding NO2 is 1. The van der Waals surface area contributed by atoms with E-state index in [1.54, 1.807) is 55.4 Å². The Morgan fingerprint density at radius 3 is 1.61 bits per heavy atom. The Hall–Kier alpha value is -4.20. The fraction of sp³-hybridized carbons (Fsp3) is 0.667. The molecule has 1 saturated heterocycles. The SMILES string of the molecule is CC(=O)CC(=O)OC(C)(C)C.CC(=O)O.CC(O)=C(N=O)C(=O)OC(C)(C)C.Cc1[nH]c(C(=O)OC(C)(C)C)c(C)c1C(=O)NCCN1CCCC1.O=N[O-].[Na+]. The fourth-order valence-corrected chi connectivity index (χ4v) is 4.20. The number of carboxylic acids is 1. The van der Waals surface area contributed by atoms with Gasteiger partial charge in [0, 0.05) is 25.7 Å². The van der Waals surface area contributed by atoms with Crippen LogP contribution in [0.3, 0.4) is 0 Å². The molecule has 0 bridgehead atoms. The normalized spacial score (nSPS) is 12.5. The van der Waals surface area contributed by atoms with Gasteiger partial charge in [0.1, 0.15) is 40.5 Å². The van der Waals surface area contributed by atoms with E-state index in [1.807, 2.05) is 20.8 Å². The molecule has 0 spiro atoms. The van der Waals surface area contributed by atoms with Crippen LogP contribution < -0.4 is 34.9 Å². The van der Waals surface area contributed by atoms with E-state index in [2.05, 4.69) is 20.4 Å². The summed E-state index contributed by atoms with van der Waals surface area (Å²) in [5.74, 6) is -3.38. The molecule has 1 aromatic rings. The molecule has 19 nitrogen and oxygen atoms in total. The third kappa shape index (κ3) is 31.1. The standard InChI is InChI=1S/C18H29N3O3.C8H13NO4.C8H14O3.C2H4O2.HNO2.Na/c1-12-14(16(22)19-8-11-21-9-6-7-10-21)13(2)20-15(12)17(23)24-18(3,4)5;1-5(10)6(9-12)7(11)13-8(2,3)4;1-6(9)5-7(10)11-8(2,3)4;1-2(3)4;2-1-3;/h20H,6-11H2,1-5H3,(H,19,22);10H,1-4H3;5H2,1-4H3;1H3,(H,3,4);(H,2,3);/q;;;;;+1/p-1. The number of allylic oxidation sites excluding steroid dienone is 1. The summed E-state index contributed by atoms with van der Waals surface area (Å²) in [6.45, 7) is 26.7. The number of carboxylic acid groups (broad SMARTS) is 1. The molecule has 0 aliphatic carbocycles. The Bertz CT molecular complexity index is 1470. The van der Waals surface area contributed by atoms with E-state index in [0.29, 0.717) is 29.1 Å². The number of amides is 1. The first-order valence-electron chi connectivity index (χ1n) is 17.2. The molecule has 1 amide bonds. The third-order valence-electron chi connectivity index (χ3n) is 6.02. The Morgan fingerprint density at radius 1 is 0.821 bits per heavy atom. The zero-order valence-electron chi connectivity index (χ0n) is 35.6. The molecule has 1 fully saturated rings. The van der Waals surface area contributed by atoms with Crippen LogP contribution in [0.1, 0.15) is 134 Å². The first-order chi connectivity index (χ1) is 24.9. The molecule has 56 heavy (non-hydrogen) atoms. The topological polar surface area (TPSA) is 284 Å². The van der Waals surface area contributed by atoms with Gasteiger partial charge in [-0.15, -0.1) is 10.2 Å². The van der Waals surface area contributed by atoms with Crippen molar-refractivity contribution in [2.75, 3.05) is 26.2 Å². The number of nitrogens with zero attached hydrogens (tertiary/aromatic N) is 3. The van der Waals surface area contributed by atoms with Crippen molar-refractivity contribution in [1.82, 2.24) is 15.2 Å². The van der Waals surface area contributed by atoms with Crippen molar-refractivity contribution in [2.45, 2.75) is 133 Å². The molecule has 1 aliphatic rings. The van der Waals surface area contributed by atoms with Crippen molar-refractivity contribution >= 4 is 35.6 Å². The number of rotatable bonds is 9. The molecular weight excluding hydrogens is 749 g/mol. The number of aryl methyl sites for hydroxylation is 1. The molecule has 1 aliphatic heterocycles. The van der Waals surface area contributed by atoms with Crippen LogP contribution in [-0.4, -0.2) is 98.6 Å². The summed E-state index contributed by atoms with van der Waals surface area (Å²) in [7, 11) is 0. The number of aliphatic hydroxyl groups excluding tert-OH is 1. The number of ketones is 1. The number of carbonyl (C=O) groups is 6. The monoisotopic (exact) mass is 809 g/mol. The summed E-state index contributed by atoms with van der Waals surface area (Å²) < 4.78 is 15.1. The number of aliphatic carboxylic acids is 1. The van der Waals surface area contributed by atoms with Gasteiger partial charge in [0.2, 0.25) is 5.70 Å². The minimum Gasteiger partial charge on any atom is -0.510 e. The maximum absolute atomic E-state index is 12.5. The van der Waals surface area contributed by atoms with Crippen LogP contribution in [-0.2, 0) is 33.4 Å². The Balaban J connectivity index is -0.000000358. The molecule has 20 heteroatoms. The largest absolute Gasteiger partial charge is 1.00 e. The number of hydrogen-bond donors (Lipinski definition) is 4. The van der Waals surface area contributed by atoms with Crippen molar-refractivity contribution in [3.63, 3.8) is 0 Å². The van der Waals surface area contributed by atoms with Gasteiger partial charge in [-0.3, -0.25) is 19.2 Å². The zero-order valence-corrected chi connectivity index (χ0v) is 37.6. The molecule has 0 unspecified atom stereocenters. The quantitative estimate of drug-likeness (QED) is 0.0408. The van der Waals surface area contributed by atoms with Crippen LogP contribution in [0.25, 0.3) is 0 Å². The van der Waals surface area contributed by atoms with Crippen LogP contribution >= 0.6 is 0 Å². The van der Waals surface area contributed by atoms with Gasteiger partial charge in [-0.05, 0) is 127 Å². The predicted octanol–water partition coefficient (Wildman–Crippen LogP) is 2.95. The van der Waals surface area contributed by atoms with Crippen LogP contribution in [0.2, 0.25) is 0 Å². The Labute approximate surface area is 350 Å². The van der Waals surface area contributed by atoms with E-state index in [4.69, 9.17) is 39.3 Å². The number of carbonyl (C=O) groups excluding carboxylic acids is 5. The molecule has 1 aromatic heterocycles. The van der Waals surface area contributed by atoms with Gasteiger partial charge in [0.15, 0.2) is 0 Å². The van der Waals surface area contributed by atoms with Crippen molar-refractivity contribution in [3.8, 4) is 0 Å². The molecule has 0 atom stereocenters. The van der Waals surface area contributed by atoms with Gasteiger partial charge in [-0.1, -0.05) is 0 Å². The maximum atomic E-state index is 12.5. The number of H-pyrrole nitrogens is 1. The van der Waals surface area contributed by atoms with Crippen LogP contribution in [0.4, 0.5) is 0 Å². The summed E-state index contributed by atoms with van der Waals surface area (Å²) in [4.78, 5) is 89.6. The van der Waals surface area contributed by atoms with E-state index in [9.17, 15) is 28.9 Å². The molecule has 0 radical (unpaired) electrons. The predicted molar refractivity (Wildman–Crippen MR) is 204 cm³/mol. The average molecular weight is 810 g/mol. The van der Waals surface area contributed by atoms with Crippen LogP contribution in [0.5, 0.6) is 0 Å². The second-order valence-electron chi connectivity index (χ2n) is 15.0. The fourth-order valence-electron chi connectivity index (χ4n) is 4.20. The molecule has 0 aromatic carbocycles. The van der Waals surface area contributed by atoms with E-state index < -0.39 is 52.1 Å². The maximum Gasteiger partial charge on any atom is 1.00 e. The second kappa shape index (κ2) is 28.2. The van der Waals surface area contributed by atoms with E-state index >= 15 is 0 Å². The summed E-state index contributed by atoms with van der Waals surface area (Å²) >= 11 is 0. The first-order valence-corrected chi connectivity index (χ1v) is 17.2. The van der Waals surface area contributed by atoms with Gasteiger partial charge in [0.25, 0.3) is 11.9 Å². The number of Topliss-reactive ketones (excluding diaryl/α,β-unsaturated/α-hetero) is 1. The summed E-state index contributed by atoms with van der Waals surface area (Å²) in [5.41, 5.74) is -0.137. The van der Waals surface area contributed by atoms with Gasteiger partial charge in [0.05, 0.1) is 5.56 Å². The van der Waals surface area contributed by atoms with Crippen LogP contribution in [0.15, 0.2) is 22.0 Å². The van der Waals surface area contributed by atoms with E-state index in [-0.39, 0.29) is 47.7 Å². The van der Waals surface area contributed by atoms with E-state index in [0.717, 1.165) is 31.9 Å². The molecule has 2 rings (SSSR count). The molecule has 0 saturated carbocycles. The summed E-state index contributed by atoms with van der Waals surface area (Å²) in [6.07, 6.45) is 2.35. The van der Waals surface area contributed by atoms with E-state index in [1.165, 1.54) is 26.7 Å². The molecule has 4 N–H and O–H groups in total. The molecular formula is C36H60N5NaO14. The minimum atomic E-state index is -0.914. The number of aliphatic hydroxyl groups is 1. The molecule has 2 heterocycles. The molecule has 314 valence electrons. The number of aromatic amines is 1. The van der Waals surface area contributed by atoms with Gasteiger partial charge < -0.3 is 49.7 Å². The Kier molecular flexibility index (Phi) is 29.5. The number of hydrogen-bond acceptors (Lipinski definition) is 16. The van der Waals surface area contributed by atoms with Gasteiger partial charge >= 0.3 is 47.5 Å². The number of nitrogens with one attached hydrogen (secondary N) is 2. The zero-order chi connectivity index (χ0) is 43.9. The average Bonchev–Trinajstić information content (AvgIpc) is 3.57. The van der Waals surface area contributed by atoms with Gasteiger partial charge in [-0.25, -0.2) is 9.59 Å². The second-order valence-corrected chi connectivity index (χ2v) is 15.0. The number of esters is 3. The third-order valence-corrected chi connectivity index (χ3v) is 6.02. The minimum absolute atomic E-state index is 0. The smallest absolute Gasteiger partial charge is 0.510 e. The van der Waals surface area contributed by atoms with Gasteiger partial charge in [-0.2, -0.15) is 0 Å². The van der Waals surface area contributed by atoms with Crippen LogP contribution in [0, 0.1) is 28.9 Å². The van der Waals surface area contributed by atoms with Crippen molar-refractivity contribution in [1.29, 1.82) is 0 Å². The summed E-state index contributed by atoms with van der Waals surface area (Å²) in [5, 5.41) is 30.6. The number of ether oxygens (including phenoxy) is 3. The van der Waals surface area contributed by atoms with Crippen molar-refractivity contribution in [3.05, 3.63) is 49.0 Å². The number of aromatic nitrogens is 1. The number of likely N-dealkylation sites (tertiary alicyclic amines) is 1. The van der Waals surface area contributed by atoms with Crippen molar-refractivity contribution in [2.24, 2.45) is 10.5 Å². The Morgan fingerprint density at radius 2 is 1.25 bits per heavy atom. The first kappa shape index (κ1) is 58.5.